The number of amides is 1. The molecule has 0 fully saturated rings. The van der Waals surface area contributed by atoms with Crippen molar-refractivity contribution in [3.05, 3.63) is 24.3 Å². The molecular formula is C10H12N6O. The Balaban J connectivity index is 2.15. The molecule has 0 aliphatic carbocycles. The summed E-state index contributed by atoms with van der Waals surface area (Å²) in [6.45, 7) is 0.330. The van der Waals surface area contributed by atoms with E-state index in [4.69, 9.17) is 5.73 Å². The van der Waals surface area contributed by atoms with Crippen LogP contribution in [0.5, 0.6) is 0 Å². The highest BCUT2D eigenvalue weighted by atomic mass is 16.1. The molecule has 1 aromatic carbocycles. The fraction of sp³-hybridized carbons (Fsp3) is 0.200. The molecule has 0 aliphatic rings. The van der Waals surface area contributed by atoms with Crippen LogP contribution in [0.3, 0.4) is 0 Å². The summed E-state index contributed by atoms with van der Waals surface area (Å²) in [5, 5.41) is 16.3. The Morgan fingerprint density at radius 2 is 2.35 bits per heavy atom. The van der Waals surface area contributed by atoms with Crippen LogP contribution >= 0.6 is 0 Å². The van der Waals surface area contributed by atoms with E-state index in [9.17, 15) is 4.79 Å². The lowest BCUT2D eigenvalue weighted by molar-refractivity contribution is -0.116. The van der Waals surface area contributed by atoms with Crippen LogP contribution in [0.15, 0.2) is 24.3 Å². The van der Waals surface area contributed by atoms with Gasteiger partial charge in [0.05, 0.1) is 0 Å². The first kappa shape index (κ1) is 11.2. The molecule has 7 nitrogen and oxygen atoms in total. The van der Waals surface area contributed by atoms with Gasteiger partial charge in [0.15, 0.2) is 0 Å². The van der Waals surface area contributed by atoms with E-state index in [-0.39, 0.29) is 5.91 Å². The van der Waals surface area contributed by atoms with Crippen LogP contribution in [0.4, 0.5) is 5.69 Å². The monoisotopic (exact) mass is 232 g/mol. The van der Waals surface area contributed by atoms with E-state index in [1.165, 1.54) is 0 Å². The van der Waals surface area contributed by atoms with Gasteiger partial charge in [0.2, 0.25) is 11.7 Å². The second-order valence-electron chi connectivity index (χ2n) is 3.40. The van der Waals surface area contributed by atoms with Crippen molar-refractivity contribution < 1.29 is 4.79 Å². The molecule has 0 spiro atoms. The van der Waals surface area contributed by atoms with Gasteiger partial charge >= 0.3 is 0 Å². The van der Waals surface area contributed by atoms with E-state index in [0.29, 0.717) is 24.5 Å². The quantitative estimate of drug-likeness (QED) is 0.695. The molecule has 1 aromatic heterocycles. The third-order valence-corrected chi connectivity index (χ3v) is 2.12. The number of carbonyl (C=O) groups is 1. The van der Waals surface area contributed by atoms with Crippen molar-refractivity contribution in [2.45, 2.75) is 6.42 Å². The molecule has 0 radical (unpaired) electrons. The highest BCUT2D eigenvalue weighted by molar-refractivity contribution is 5.91. The average molecular weight is 232 g/mol. The van der Waals surface area contributed by atoms with Crippen LogP contribution in [-0.2, 0) is 4.79 Å². The molecule has 2 rings (SSSR count). The number of carbonyl (C=O) groups excluding carboxylic acids is 1. The standard InChI is InChI=1S/C10H12N6O/c11-5-4-9(17)12-8-3-1-2-7(6-8)10-13-15-16-14-10/h1-3,6H,4-5,11H2,(H,12,17)(H,13,14,15,16). The van der Waals surface area contributed by atoms with E-state index in [1.54, 1.807) is 12.1 Å². The molecule has 2 aromatic rings. The van der Waals surface area contributed by atoms with Crippen LogP contribution in [0.2, 0.25) is 0 Å². The van der Waals surface area contributed by atoms with Crippen molar-refractivity contribution in [1.29, 1.82) is 0 Å². The van der Waals surface area contributed by atoms with Crippen LogP contribution in [-0.4, -0.2) is 33.1 Å². The number of aromatic amines is 1. The molecule has 0 atom stereocenters. The molecule has 17 heavy (non-hydrogen) atoms. The number of anilines is 1. The Morgan fingerprint density at radius 3 is 3.06 bits per heavy atom. The summed E-state index contributed by atoms with van der Waals surface area (Å²) in [4.78, 5) is 11.4. The molecule has 4 N–H and O–H groups in total. The molecule has 88 valence electrons. The average Bonchev–Trinajstić information content (AvgIpc) is 2.83. The van der Waals surface area contributed by atoms with E-state index >= 15 is 0 Å². The first-order valence-corrected chi connectivity index (χ1v) is 5.13. The smallest absolute Gasteiger partial charge is 0.225 e. The van der Waals surface area contributed by atoms with E-state index in [0.717, 1.165) is 5.56 Å². The summed E-state index contributed by atoms with van der Waals surface area (Å²) < 4.78 is 0. The summed E-state index contributed by atoms with van der Waals surface area (Å²) in [5.41, 5.74) is 6.76. The number of nitrogens with one attached hydrogen (secondary N) is 2. The van der Waals surface area contributed by atoms with Crippen molar-refractivity contribution in [2.24, 2.45) is 5.73 Å². The molecule has 7 heteroatoms. The Bertz CT molecular complexity index is 495. The largest absolute Gasteiger partial charge is 0.330 e. The minimum atomic E-state index is -0.113. The maximum atomic E-state index is 11.4. The van der Waals surface area contributed by atoms with Crippen LogP contribution in [0.1, 0.15) is 6.42 Å². The van der Waals surface area contributed by atoms with Gasteiger partial charge in [0.25, 0.3) is 0 Å². The lowest BCUT2D eigenvalue weighted by atomic mass is 10.2. The van der Waals surface area contributed by atoms with Crippen molar-refractivity contribution >= 4 is 11.6 Å². The van der Waals surface area contributed by atoms with Crippen molar-refractivity contribution in [3.63, 3.8) is 0 Å². The van der Waals surface area contributed by atoms with Gasteiger partial charge in [0.1, 0.15) is 0 Å². The van der Waals surface area contributed by atoms with Gasteiger partial charge in [-0.1, -0.05) is 12.1 Å². The minimum Gasteiger partial charge on any atom is -0.330 e. The number of H-pyrrole nitrogens is 1. The van der Waals surface area contributed by atoms with Gasteiger partial charge in [0, 0.05) is 24.2 Å². The molecule has 0 unspecified atom stereocenters. The number of hydrogen-bond donors (Lipinski definition) is 3. The lowest BCUT2D eigenvalue weighted by Gasteiger charge is -2.04. The van der Waals surface area contributed by atoms with E-state index in [2.05, 4.69) is 25.9 Å². The summed E-state index contributed by atoms with van der Waals surface area (Å²) in [7, 11) is 0. The molecular weight excluding hydrogens is 220 g/mol. The third-order valence-electron chi connectivity index (χ3n) is 2.12. The molecule has 1 heterocycles. The zero-order valence-electron chi connectivity index (χ0n) is 9.05. The van der Waals surface area contributed by atoms with Crippen molar-refractivity contribution in [1.82, 2.24) is 20.6 Å². The van der Waals surface area contributed by atoms with Crippen LogP contribution in [0.25, 0.3) is 11.4 Å². The van der Waals surface area contributed by atoms with Gasteiger partial charge in [-0.3, -0.25) is 4.79 Å². The number of nitrogens with zero attached hydrogens (tertiary/aromatic N) is 3. The van der Waals surface area contributed by atoms with Gasteiger partial charge in [-0.15, -0.1) is 10.2 Å². The molecule has 0 aliphatic heterocycles. The number of hydrogen-bond acceptors (Lipinski definition) is 5. The number of rotatable bonds is 4. The Kier molecular flexibility index (Phi) is 3.41. The number of nitrogens with two attached hydrogens (primary N) is 1. The van der Waals surface area contributed by atoms with Crippen molar-refractivity contribution in [2.75, 3.05) is 11.9 Å². The number of tetrazole rings is 1. The minimum absolute atomic E-state index is 0.113. The molecule has 0 bridgehead atoms. The maximum absolute atomic E-state index is 11.4. The molecule has 0 saturated heterocycles. The summed E-state index contributed by atoms with van der Waals surface area (Å²) in [6, 6.07) is 7.21. The third kappa shape index (κ3) is 2.85. The van der Waals surface area contributed by atoms with Gasteiger partial charge in [-0.05, 0) is 17.3 Å². The zero-order valence-corrected chi connectivity index (χ0v) is 9.05. The van der Waals surface area contributed by atoms with Gasteiger partial charge in [-0.2, -0.15) is 5.21 Å². The Labute approximate surface area is 97.4 Å². The second kappa shape index (κ2) is 5.17. The van der Waals surface area contributed by atoms with Gasteiger partial charge in [-0.25, -0.2) is 0 Å². The summed E-state index contributed by atoms with van der Waals surface area (Å²) in [5.74, 6) is 0.373. The SMILES string of the molecule is NCCC(=O)Nc1cccc(-c2nn[nH]n2)c1. The number of aromatic nitrogens is 4. The first-order valence-electron chi connectivity index (χ1n) is 5.13. The summed E-state index contributed by atoms with van der Waals surface area (Å²) in [6.07, 6.45) is 0.298. The van der Waals surface area contributed by atoms with Gasteiger partial charge < -0.3 is 11.1 Å². The van der Waals surface area contributed by atoms with E-state index in [1.807, 2.05) is 12.1 Å². The van der Waals surface area contributed by atoms with Crippen molar-refractivity contribution in [3.8, 4) is 11.4 Å². The Morgan fingerprint density at radius 1 is 1.47 bits per heavy atom. The predicted octanol–water partition coefficient (Wildman–Crippen LogP) is 0.154. The summed E-state index contributed by atoms with van der Waals surface area (Å²) >= 11 is 0. The highest BCUT2D eigenvalue weighted by Gasteiger charge is 2.05. The lowest BCUT2D eigenvalue weighted by Crippen LogP contribution is -2.16. The molecule has 0 saturated carbocycles. The maximum Gasteiger partial charge on any atom is 0.225 e. The van der Waals surface area contributed by atoms with E-state index < -0.39 is 0 Å². The number of benzene rings is 1. The fourth-order valence-corrected chi connectivity index (χ4v) is 1.37. The van der Waals surface area contributed by atoms with Crippen LogP contribution < -0.4 is 11.1 Å². The Hall–Kier alpha value is -2.28. The highest BCUT2D eigenvalue weighted by Crippen LogP contribution is 2.18. The normalized spacial score (nSPS) is 10.2. The zero-order chi connectivity index (χ0) is 12.1. The predicted molar refractivity (Wildman–Crippen MR) is 61.9 cm³/mol. The fourth-order valence-electron chi connectivity index (χ4n) is 1.37. The first-order chi connectivity index (χ1) is 8.29. The second-order valence-corrected chi connectivity index (χ2v) is 3.40. The van der Waals surface area contributed by atoms with Crippen LogP contribution in [0, 0.1) is 0 Å². The topological polar surface area (TPSA) is 110 Å². The molecule has 1 amide bonds.